The van der Waals surface area contributed by atoms with Crippen molar-refractivity contribution in [3.8, 4) is 0 Å². The second-order valence-corrected chi connectivity index (χ2v) is 3.88. The van der Waals surface area contributed by atoms with Crippen LogP contribution in [0.2, 0.25) is 0 Å². The van der Waals surface area contributed by atoms with Crippen molar-refractivity contribution in [2.75, 3.05) is 11.9 Å². The third kappa shape index (κ3) is 2.70. The number of hydrogen-bond donors (Lipinski definition) is 2. The average molecular weight is 260 g/mol. The Kier molecular flexibility index (Phi) is 3.12. The van der Waals surface area contributed by atoms with Crippen LogP contribution in [0.4, 0.5) is 19.1 Å². The molecule has 0 saturated carbocycles. The van der Waals surface area contributed by atoms with E-state index in [0.29, 0.717) is 5.65 Å². The van der Waals surface area contributed by atoms with Gasteiger partial charge < -0.3 is 10.4 Å². The van der Waals surface area contributed by atoms with E-state index < -0.39 is 18.8 Å². The van der Waals surface area contributed by atoms with E-state index in [2.05, 4.69) is 15.4 Å². The summed E-state index contributed by atoms with van der Waals surface area (Å²) < 4.78 is 37.7. The Hall–Kier alpha value is -1.83. The van der Waals surface area contributed by atoms with E-state index in [-0.39, 0.29) is 5.95 Å². The molecular formula is C10H11F3N4O. The number of aliphatic hydroxyl groups excluding tert-OH is 1. The second kappa shape index (κ2) is 4.45. The number of aliphatic hydroxyl groups is 1. The molecule has 1 unspecified atom stereocenters. The van der Waals surface area contributed by atoms with Crippen molar-refractivity contribution in [2.45, 2.75) is 19.2 Å². The lowest BCUT2D eigenvalue weighted by atomic mass is 10.3. The molecule has 0 aliphatic rings. The van der Waals surface area contributed by atoms with Gasteiger partial charge in [0.1, 0.15) is 0 Å². The third-order valence-electron chi connectivity index (χ3n) is 2.32. The fourth-order valence-electron chi connectivity index (χ4n) is 1.36. The molecule has 0 aliphatic heterocycles. The number of hydrogen-bond acceptors (Lipinski definition) is 4. The maximum absolute atomic E-state index is 12.1. The molecule has 0 aliphatic carbocycles. The highest BCUT2D eigenvalue weighted by Crippen LogP contribution is 2.20. The molecule has 1 atom stereocenters. The smallest absolute Gasteiger partial charge is 0.382 e. The number of fused-ring (bicyclic) bond motifs is 1. The lowest BCUT2D eigenvalue weighted by molar-refractivity contribution is -0.198. The lowest BCUT2D eigenvalue weighted by Gasteiger charge is -2.13. The molecule has 2 aromatic heterocycles. The summed E-state index contributed by atoms with van der Waals surface area (Å²) in [6.07, 6.45) is -5.43. The van der Waals surface area contributed by atoms with Crippen molar-refractivity contribution in [3.63, 3.8) is 0 Å². The molecule has 0 aromatic carbocycles. The molecule has 0 saturated heterocycles. The third-order valence-corrected chi connectivity index (χ3v) is 2.32. The minimum atomic E-state index is -4.65. The van der Waals surface area contributed by atoms with E-state index in [1.54, 1.807) is 18.3 Å². The molecule has 5 nitrogen and oxygen atoms in total. The number of nitrogens with one attached hydrogen (secondary N) is 1. The Morgan fingerprint density at radius 3 is 2.89 bits per heavy atom. The van der Waals surface area contributed by atoms with Crippen LogP contribution in [0.25, 0.3) is 5.65 Å². The summed E-state index contributed by atoms with van der Waals surface area (Å²) in [6.45, 7) is 1.19. The maximum Gasteiger partial charge on any atom is 0.416 e. The first-order valence-electron chi connectivity index (χ1n) is 5.18. The van der Waals surface area contributed by atoms with Crippen LogP contribution in [-0.4, -0.2) is 38.5 Å². The van der Waals surface area contributed by atoms with Crippen LogP contribution in [0, 0.1) is 6.92 Å². The van der Waals surface area contributed by atoms with Gasteiger partial charge >= 0.3 is 6.18 Å². The Morgan fingerprint density at radius 1 is 1.50 bits per heavy atom. The van der Waals surface area contributed by atoms with Gasteiger partial charge in [-0.05, 0) is 24.6 Å². The number of aromatic nitrogens is 3. The van der Waals surface area contributed by atoms with Crippen molar-refractivity contribution in [2.24, 2.45) is 0 Å². The predicted octanol–water partition coefficient (Wildman–Crippen LogP) is 1.37. The Balaban J connectivity index is 2.09. The average Bonchev–Trinajstić information content (AvgIpc) is 2.66. The molecule has 0 radical (unpaired) electrons. The predicted molar refractivity (Wildman–Crippen MR) is 58.3 cm³/mol. The summed E-state index contributed by atoms with van der Waals surface area (Å²) in [7, 11) is 0. The molecule has 2 aromatic rings. The van der Waals surface area contributed by atoms with E-state index in [1.807, 2.05) is 6.92 Å². The summed E-state index contributed by atoms with van der Waals surface area (Å²) in [6, 6.07) is 3.55. The summed E-state index contributed by atoms with van der Waals surface area (Å²) in [5.41, 5.74) is 1.50. The Labute approximate surface area is 100 Å². The number of nitrogens with zero attached hydrogens (tertiary/aromatic N) is 3. The SMILES string of the molecule is Cc1ccn2nc(NCC(O)C(F)(F)F)nc2c1. The van der Waals surface area contributed by atoms with Gasteiger partial charge in [-0.3, -0.25) is 0 Å². The van der Waals surface area contributed by atoms with Crippen molar-refractivity contribution in [1.82, 2.24) is 14.6 Å². The monoisotopic (exact) mass is 260 g/mol. The van der Waals surface area contributed by atoms with E-state index in [0.717, 1.165) is 5.56 Å². The standard InChI is InChI=1S/C10H11F3N4O/c1-6-2-3-17-8(4-6)15-9(16-17)14-5-7(18)10(11,12)13/h2-4,7,18H,5H2,1H3,(H,14,16). The normalized spacial score (nSPS) is 13.8. The highest BCUT2D eigenvalue weighted by molar-refractivity contribution is 5.45. The number of rotatable bonds is 3. The number of aryl methyl sites for hydroxylation is 1. The fraction of sp³-hybridized carbons (Fsp3) is 0.400. The first-order chi connectivity index (χ1) is 8.36. The highest BCUT2D eigenvalue weighted by Gasteiger charge is 2.38. The Bertz CT molecular complexity index is 552. The number of anilines is 1. The van der Waals surface area contributed by atoms with Crippen molar-refractivity contribution in [3.05, 3.63) is 23.9 Å². The van der Waals surface area contributed by atoms with E-state index in [9.17, 15) is 13.2 Å². The van der Waals surface area contributed by atoms with E-state index in [1.165, 1.54) is 4.52 Å². The second-order valence-electron chi connectivity index (χ2n) is 3.88. The van der Waals surface area contributed by atoms with Crippen molar-refractivity contribution < 1.29 is 18.3 Å². The zero-order valence-corrected chi connectivity index (χ0v) is 9.44. The first kappa shape index (κ1) is 12.6. The molecule has 8 heteroatoms. The van der Waals surface area contributed by atoms with Crippen molar-refractivity contribution >= 4 is 11.6 Å². The molecule has 18 heavy (non-hydrogen) atoms. The largest absolute Gasteiger partial charge is 0.416 e. The van der Waals surface area contributed by atoms with Gasteiger partial charge in [-0.2, -0.15) is 18.2 Å². The van der Waals surface area contributed by atoms with Crippen LogP contribution in [0.5, 0.6) is 0 Å². The first-order valence-corrected chi connectivity index (χ1v) is 5.18. The number of pyridine rings is 1. The van der Waals surface area contributed by atoms with Gasteiger partial charge in [-0.15, -0.1) is 5.10 Å². The quantitative estimate of drug-likeness (QED) is 0.875. The summed E-state index contributed by atoms with van der Waals surface area (Å²) in [5.74, 6) is 0.0453. The highest BCUT2D eigenvalue weighted by atomic mass is 19.4. The van der Waals surface area contributed by atoms with Crippen LogP contribution in [-0.2, 0) is 0 Å². The van der Waals surface area contributed by atoms with Crippen LogP contribution >= 0.6 is 0 Å². The van der Waals surface area contributed by atoms with Crippen LogP contribution in [0.1, 0.15) is 5.56 Å². The molecule has 0 bridgehead atoms. The van der Waals surface area contributed by atoms with Crippen LogP contribution in [0.15, 0.2) is 18.3 Å². The molecule has 0 fully saturated rings. The van der Waals surface area contributed by atoms with Gasteiger partial charge in [0.05, 0.1) is 6.54 Å². The number of halogens is 3. The van der Waals surface area contributed by atoms with E-state index in [4.69, 9.17) is 5.11 Å². The molecule has 2 heterocycles. The summed E-state index contributed by atoms with van der Waals surface area (Å²) in [4.78, 5) is 3.99. The zero-order chi connectivity index (χ0) is 13.3. The van der Waals surface area contributed by atoms with Crippen LogP contribution in [0.3, 0.4) is 0 Å². The van der Waals surface area contributed by atoms with Gasteiger partial charge in [0.15, 0.2) is 11.8 Å². The van der Waals surface area contributed by atoms with Gasteiger partial charge in [-0.1, -0.05) is 0 Å². The van der Waals surface area contributed by atoms with E-state index >= 15 is 0 Å². The molecule has 0 spiro atoms. The molecule has 2 rings (SSSR count). The fourth-order valence-corrected chi connectivity index (χ4v) is 1.36. The van der Waals surface area contributed by atoms with Crippen LogP contribution < -0.4 is 5.32 Å². The lowest BCUT2D eigenvalue weighted by Crippen LogP contribution is -2.35. The van der Waals surface area contributed by atoms with Crippen molar-refractivity contribution in [1.29, 1.82) is 0 Å². The number of alkyl halides is 3. The van der Waals surface area contributed by atoms with Gasteiger partial charge in [0, 0.05) is 6.20 Å². The molecule has 2 N–H and O–H groups in total. The minimum Gasteiger partial charge on any atom is -0.382 e. The molecule has 98 valence electrons. The van der Waals surface area contributed by atoms with Gasteiger partial charge in [0.2, 0.25) is 5.95 Å². The summed E-state index contributed by atoms with van der Waals surface area (Å²) in [5, 5.41) is 15.1. The Morgan fingerprint density at radius 2 is 2.22 bits per heavy atom. The van der Waals surface area contributed by atoms with Gasteiger partial charge in [-0.25, -0.2) is 4.52 Å². The minimum absolute atomic E-state index is 0.0453. The topological polar surface area (TPSA) is 62.5 Å². The summed E-state index contributed by atoms with van der Waals surface area (Å²) >= 11 is 0. The zero-order valence-electron chi connectivity index (χ0n) is 9.44. The van der Waals surface area contributed by atoms with Gasteiger partial charge in [0.25, 0.3) is 0 Å². The molecular weight excluding hydrogens is 249 g/mol. The molecule has 0 amide bonds. The maximum atomic E-state index is 12.1.